The highest BCUT2D eigenvalue weighted by Crippen LogP contribution is 2.38. The summed E-state index contributed by atoms with van der Waals surface area (Å²) in [6, 6.07) is 12.5. The molecule has 2 aromatic carbocycles. The van der Waals surface area contributed by atoms with Gasteiger partial charge in [0.15, 0.2) is 11.5 Å². The van der Waals surface area contributed by atoms with E-state index in [1.54, 1.807) is 21.3 Å². The van der Waals surface area contributed by atoms with E-state index >= 15 is 0 Å². The minimum atomic E-state index is 0.638. The van der Waals surface area contributed by atoms with Crippen LogP contribution in [0.3, 0.4) is 0 Å². The van der Waals surface area contributed by atoms with Crippen LogP contribution in [0.5, 0.6) is 23.0 Å². The lowest BCUT2D eigenvalue weighted by atomic mass is 10.1. The van der Waals surface area contributed by atoms with Gasteiger partial charge >= 0.3 is 0 Å². The van der Waals surface area contributed by atoms with Crippen LogP contribution < -0.4 is 18.9 Å². The lowest BCUT2D eigenvalue weighted by Gasteiger charge is -2.35. The van der Waals surface area contributed by atoms with E-state index < -0.39 is 0 Å². The molecule has 0 radical (unpaired) electrons. The molecule has 0 bridgehead atoms. The van der Waals surface area contributed by atoms with E-state index in [1.165, 1.54) is 11.1 Å². The molecule has 158 valence electrons. The summed E-state index contributed by atoms with van der Waals surface area (Å²) in [6.45, 7) is 8.73. The Bertz CT molecular complexity index is 746. The molecule has 2 aromatic rings. The fourth-order valence-corrected chi connectivity index (χ4v) is 3.71. The van der Waals surface area contributed by atoms with Crippen molar-refractivity contribution in [1.82, 2.24) is 9.80 Å². The maximum Gasteiger partial charge on any atom is 0.203 e. The van der Waals surface area contributed by atoms with Gasteiger partial charge in [0, 0.05) is 39.3 Å². The van der Waals surface area contributed by atoms with Crippen LogP contribution in [-0.2, 0) is 13.1 Å². The minimum Gasteiger partial charge on any atom is -0.494 e. The molecule has 1 aliphatic heterocycles. The largest absolute Gasteiger partial charge is 0.494 e. The van der Waals surface area contributed by atoms with E-state index in [9.17, 15) is 0 Å². The summed E-state index contributed by atoms with van der Waals surface area (Å²) in [5.74, 6) is 2.98. The molecule has 0 N–H and O–H groups in total. The molecule has 0 saturated carbocycles. The van der Waals surface area contributed by atoms with Gasteiger partial charge in [0.1, 0.15) is 5.75 Å². The van der Waals surface area contributed by atoms with Gasteiger partial charge < -0.3 is 18.9 Å². The maximum atomic E-state index is 5.52. The van der Waals surface area contributed by atoms with Crippen molar-refractivity contribution in [1.29, 1.82) is 0 Å². The second-order valence-electron chi connectivity index (χ2n) is 7.16. The standard InChI is InChI=1S/C23H32N2O4/c1-5-29-20-8-6-18(7-9-20)16-24-10-12-25(13-11-24)17-19-14-21(26-2)23(28-4)22(15-19)27-3/h6-9,14-15H,5,10-13,16-17H2,1-4H3. The Hall–Kier alpha value is -2.44. The van der Waals surface area contributed by atoms with Crippen LogP contribution in [0.15, 0.2) is 36.4 Å². The third-order valence-corrected chi connectivity index (χ3v) is 5.24. The third kappa shape index (κ3) is 5.55. The number of hydrogen-bond acceptors (Lipinski definition) is 6. The highest BCUT2D eigenvalue weighted by atomic mass is 16.5. The van der Waals surface area contributed by atoms with Crippen molar-refractivity contribution < 1.29 is 18.9 Å². The Morgan fingerprint density at radius 1 is 0.724 bits per heavy atom. The predicted molar refractivity (Wildman–Crippen MR) is 114 cm³/mol. The van der Waals surface area contributed by atoms with Crippen molar-refractivity contribution in [2.45, 2.75) is 20.0 Å². The van der Waals surface area contributed by atoms with E-state index in [0.717, 1.165) is 45.0 Å². The van der Waals surface area contributed by atoms with Gasteiger partial charge in [0.2, 0.25) is 5.75 Å². The Morgan fingerprint density at radius 3 is 1.69 bits per heavy atom. The van der Waals surface area contributed by atoms with Gasteiger partial charge in [-0.1, -0.05) is 12.1 Å². The van der Waals surface area contributed by atoms with Crippen LogP contribution in [0.1, 0.15) is 18.1 Å². The van der Waals surface area contributed by atoms with Gasteiger partial charge in [-0.15, -0.1) is 0 Å². The monoisotopic (exact) mass is 400 g/mol. The average Bonchev–Trinajstić information content (AvgIpc) is 2.76. The summed E-state index contributed by atoms with van der Waals surface area (Å²) in [4.78, 5) is 4.97. The smallest absolute Gasteiger partial charge is 0.203 e. The zero-order valence-electron chi connectivity index (χ0n) is 17.9. The van der Waals surface area contributed by atoms with Crippen molar-refractivity contribution in [3.8, 4) is 23.0 Å². The second kappa shape index (κ2) is 10.4. The number of nitrogens with zero attached hydrogens (tertiary/aromatic N) is 2. The van der Waals surface area contributed by atoms with E-state index in [2.05, 4.69) is 34.1 Å². The number of benzene rings is 2. The quantitative estimate of drug-likeness (QED) is 0.643. The molecule has 0 amide bonds. The Labute approximate surface area is 173 Å². The molecule has 1 fully saturated rings. The number of rotatable bonds is 9. The van der Waals surface area contributed by atoms with Crippen LogP contribution in [0.25, 0.3) is 0 Å². The molecule has 1 heterocycles. The number of piperazine rings is 1. The molecule has 1 saturated heterocycles. The molecule has 0 atom stereocenters. The highest BCUT2D eigenvalue weighted by molar-refractivity contribution is 5.53. The van der Waals surface area contributed by atoms with Crippen LogP contribution in [0.2, 0.25) is 0 Å². The molecule has 0 spiro atoms. The summed E-state index contributed by atoms with van der Waals surface area (Å²) in [7, 11) is 4.94. The topological polar surface area (TPSA) is 43.4 Å². The first-order valence-electron chi connectivity index (χ1n) is 10.1. The van der Waals surface area contributed by atoms with Gasteiger partial charge in [0.05, 0.1) is 27.9 Å². The third-order valence-electron chi connectivity index (χ3n) is 5.24. The summed E-state index contributed by atoms with van der Waals surface area (Å²) >= 11 is 0. The first-order chi connectivity index (χ1) is 14.2. The fraction of sp³-hybridized carbons (Fsp3) is 0.478. The molecule has 1 aliphatic rings. The normalized spacial score (nSPS) is 15.2. The highest BCUT2D eigenvalue weighted by Gasteiger charge is 2.19. The van der Waals surface area contributed by atoms with E-state index in [1.807, 2.05) is 19.1 Å². The van der Waals surface area contributed by atoms with Crippen molar-refractivity contribution in [3.63, 3.8) is 0 Å². The molecule has 3 rings (SSSR count). The first kappa shape index (κ1) is 21.3. The van der Waals surface area contributed by atoms with Gasteiger partial charge in [-0.2, -0.15) is 0 Å². The summed E-state index contributed by atoms with van der Waals surface area (Å²) in [6.07, 6.45) is 0. The van der Waals surface area contributed by atoms with E-state index in [-0.39, 0.29) is 0 Å². The predicted octanol–water partition coefficient (Wildman–Crippen LogP) is 3.43. The molecule has 0 aromatic heterocycles. The fourth-order valence-electron chi connectivity index (χ4n) is 3.71. The van der Waals surface area contributed by atoms with Crippen LogP contribution >= 0.6 is 0 Å². The lowest BCUT2D eigenvalue weighted by molar-refractivity contribution is 0.122. The Balaban J connectivity index is 1.54. The molecular weight excluding hydrogens is 368 g/mol. The molecule has 6 heteroatoms. The molecule has 6 nitrogen and oxygen atoms in total. The molecule has 29 heavy (non-hydrogen) atoms. The van der Waals surface area contributed by atoms with Gasteiger partial charge in [-0.3, -0.25) is 9.80 Å². The zero-order valence-corrected chi connectivity index (χ0v) is 17.9. The van der Waals surface area contributed by atoms with Crippen molar-refractivity contribution >= 4 is 0 Å². The minimum absolute atomic E-state index is 0.638. The van der Waals surface area contributed by atoms with Crippen molar-refractivity contribution in [2.24, 2.45) is 0 Å². The lowest BCUT2D eigenvalue weighted by Crippen LogP contribution is -2.45. The van der Waals surface area contributed by atoms with Gasteiger partial charge in [-0.05, 0) is 42.3 Å². The van der Waals surface area contributed by atoms with Crippen LogP contribution in [0.4, 0.5) is 0 Å². The summed E-state index contributed by atoms with van der Waals surface area (Å²) in [5.41, 5.74) is 2.49. The zero-order chi connectivity index (χ0) is 20.6. The van der Waals surface area contributed by atoms with Gasteiger partial charge in [-0.25, -0.2) is 0 Å². The van der Waals surface area contributed by atoms with Crippen LogP contribution in [-0.4, -0.2) is 63.9 Å². The number of methoxy groups -OCH3 is 3. The van der Waals surface area contributed by atoms with E-state index in [0.29, 0.717) is 23.9 Å². The van der Waals surface area contributed by atoms with Crippen molar-refractivity contribution in [2.75, 3.05) is 54.1 Å². The average molecular weight is 401 g/mol. The van der Waals surface area contributed by atoms with Crippen molar-refractivity contribution in [3.05, 3.63) is 47.5 Å². The number of hydrogen-bond donors (Lipinski definition) is 0. The first-order valence-corrected chi connectivity index (χ1v) is 10.1. The van der Waals surface area contributed by atoms with Crippen LogP contribution in [0, 0.1) is 0 Å². The van der Waals surface area contributed by atoms with E-state index in [4.69, 9.17) is 18.9 Å². The molecule has 0 unspecified atom stereocenters. The maximum absolute atomic E-state index is 5.52. The Kier molecular flexibility index (Phi) is 7.61. The number of ether oxygens (including phenoxy) is 4. The van der Waals surface area contributed by atoms with Gasteiger partial charge in [0.25, 0.3) is 0 Å². The Morgan fingerprint density at radius 2 is 1.24 bits per heavy atom. The second-order valence-corrected chi connectivity index (χ2v) is 7.16. The summed E-state index contributed by atoms with van der Waals surface area (Å²) in [5, 5.41) is 0. The SMILES string of the molecule is CCOc1ccc(CN2CCN(Cc3cc(OC)c(OC)c(OC)c3)CC2)cc1. The molecule has 0 aliphatic carbocycles. The molecular formula is C23H32N2O4. The summed E-state index contributed by atoms with van der Waals surface area (Å²) < 4.78 is 21.9.